The number of hydrogen-bond acceptors (Lipinski definition) is 4. The summed E-state index contributed by atoms with van der Waals surface area (Å²) >= 11 is 5.86. The molecule has 0 N–H and O–H groups in total. The van der Waals surface area contributed by atoms with Crippen LogP contribution in [0.1, 0.15) is 17.7 Å². The molecule has 1 heterocycles. The molecule has 0 bridgehead atoms. The number of pyridine rings is 1. The lowest BCUT2D eigenvalue weighted by Gasteiger charge is -2.24. The summed E-state index contributed by atoms with van der Waals surface area (Å²) < 4.78 is 10.3. The van der Waals surface area contributed by atoms with Gasteiger partial charge in [-0.25, -0.2) is 4.98 Å². The monoisotopic (exact) mass is 286 g/mol. The maximum atomic E-state index is 5.86. The molecule has 0 aliphatic rings. The van der Waals surface area contributed by atoms with Crippen molar-refractivity contribution < 1.29 is 9.47 Å². The van der Waals surface area contributed by atoms with Gasteiger partial charge in [-0.2, -0.15) is 0 Å². The molecular weight excluding hydrogens is 264 g/mol. The van der Waals surface area contributed by atoms with Crippen molar-refractivity contribution in [2.45, 2.75) is 19.2 Å². The first kappa shape index (κ1) is 16.2. The number of rotatable bonds is 9. The first-order chi connectivity index (χ1) is 9.22. The van der Waals surface area contributed by atoms with Gasteiger partial charge >= 0.3 is 0 Å². The maximum absolute atomic E-state index is 5.86. The van der Waals surface area contributed by atoms with Crippen molar-refractivity contribution >= 4 is 17.4 Å². The first-order valence-corrected chi connectivity index (χ1v) is 7.01. The highest BCUT2D eigenvalue weighted by molar-refractivity contribution is 6.17. The molecule has 1 aromatic rings. The minimum Gasteiger partial charge on any atom is -0.385 e. The van der Waals surface area contributed by atoms with Gasteiger partial charge in [0.15, 0.2) is 0 Å². The van der Waals surface area contributed by atoms with E-state index in [2.05, 4.69) is 9.88 Å². The number of anilines is 1. The SMILES string of the molecule is COCCCN(CCOC)c1ccc(CCl)c(C)n1. The number of aromatic nitrogens is 1. The number of alkyl halides is 1. The normalized spacial score (nSPS) is 10.7. The van der Waals surface area contributed by atoms with Crippen molar-refractivity contribution in [3.8, 4) is 0 Å². The summed E-state index contributed by atoms with van der Waals surface area (Å²) in [6, 6.07) is 4.06. The van der Waals surface area contributed by atoms with Gasteiger partial charge in [-0.15, -0.1) is 11.6 Å². The average Bonchev–Trinajstić information content (AvgIpc) is 2.42. The van der Waals surface area contributed by atoms with Gasteiger partial charge in [0.05, 0.1) is 6.61 Å². The molecule has 0 aliphatic carbocycles. The van der Waals surface area contributed by atoms with Crippen LogP contribution in [0, 0.1) is 6.92 Å². The Morgan fingerprint density at radius 1 is 1.16 bits per heavy atom. The molecular formula is C14H23ClN2O2. The van der Waals surface area contributed by atoms with Gasteiger partial charge in [0.1, 0.15) is 5.82 Å². The van der Waals surface area contributed by atoms with E-state index in [-0.39, 0.29) is 0 Å². The third-order valence-corrected chi connectivity index (χ3v) is 3.28. The average molecular weight is 287 g/mol. The highest BCUT2D eigenvalue weighted by Crippen LogP contribution is 2.16. The minimum absolute atomic E-state index is 0.501. The number of aryl methyl sites for hydroxylation is 1. The number of halogens is 1. The predicted molar refractivity (Wildman–Crippen MR) is 79.1 cm³/mol. The van der Waals surface area contributed by atoms with Crippen molar-refractivity contribution in [2.24, 2.45) is 0 Å². The zero-order valence-corrected chi connectivity index (χ0v) is 12.7. The molecule has 1 aromatic heterocycles. The molecule has 0 aliphatic heterocycles. The van der Waals surface area contributed by atoms with E-state index in [1.807, 2.05) is 19.1 Å². The molecule has 0 saturated heterocycles. The van der Waals surface area contributed by atoms with Gasteiger partial charge in [-0.05, 0) is 25.0 Å². The molecule has 0 radical (unpaired) electrons. The van der Waals surface area contributed by atoms with E-state index < -0.39 is 0 Å². The summed E-state index contributed by atoms with van der Waals surface area (Å²) in [6.07, 6.45) is 0.970. The van der Waals surface area contributed by atoms with Crippen LogP contribution in [0.15, 0.2) is 12.1 Å². The Morgan fingerprint density at radius 3 is 2.47 bits per heavy atom. The Kier molecular flexibility index (Phi) is 7.79. The molecule has 1 rings (SSSR count). The zero-order chi connectivity index (χ0) is 14.1. The molecule has 19 heavy (non-hydrogen) atoms. The van der Waals surface area contributed by atoms with Gasteiger partial charge in [0, 0.05) is 45.5 Å². The molecule has 4 nitrogen and oxygen atoms in total. The Labute approximate surface area is 120 Å². The van der Waals surface area contributed by atoms with E-state index in [4.69, 9.17) is 21.1 Å². The largest absolute Gasteiger partial charge is 0.385 e. The van der Waals surface area contributed by atoms with E-state index in [1.165, 1.54) is 0 Å². The van der Waals surface area contributed by atoms with Crippen molar-refractivity contribution in [3.05, 3.63) is 23.4 Å². The maximum Gasteiger partial charge on any atom is 0.128 e. The quantitative estimate of drug-likeness (QED) is 0.516. The molecule has 5 heteroatoms. The highest BCUT2D eigenvalue weighted by Gasteiger charge is 2.09. The fourth-order valence-corrected chi connectivity index (χ4v) is 2.12. The molecule has 0 spiro atoms. The highest BCUT2D eigenvalue weighted by atomic mass is 35.5. The first-order valence-electron chi connectivity index (χ1n) is 6.48. The number of hydrogen-bond donors (Lipinski definition) is 0. The van der Waals surface area contributed by atoms with Gasteiger partial charge in [-0.1, -0.05) is 6.07 Å². The van der Waals surface area contributed by atoms with E-state index in [0.717, 1.165) is 43.2 Å². The second kappa shape index (κ2) is 9.13. The van der Waals surface area contributed by atoms with E-state index >= 15 is 0 Å². The topological polar surface area (TPSA) is 34.6 Å². The predicted octanol–water partition coefficient (Wildman–Crippen LogP) is 2.62. The smallest absolute Gasteiger partial charge is 0.128 e. The van der Waals surface area contributed by atoms with Crippen LogP contribution in [0.4, 0.5) is 5.82 Å². The molecule has 0 atom stereocenters. The standard InChI is InChI=1S/C14H23ClN2O2/c1-12-13(11-15)5-6-14(16-12)17(8-10-19-3)7-4-9-18-2/h5-6H,4,7-11H2,1-3H3. The van der Waals surface area contributed by atoms with Crippen LogP contribution >= 0.6 is 11.6 Å². The lowest BCUT2D eigenvalue weighted by atomic mass is 10.2. The summed E-state index contributed by atoms with van der Waals surface area (Å²) in [6.45, 7) is 5.16. The van der Waals surface area contributed by atoms with Crippen LogP contribution in [0.3, 0.4) is 0 Å². The van der Waals surface area contributed by atoms with Crippen molar-refractivity contribution in [2.75, 3.05) is 45.4 Å². The van der Waals surface area contributed by atoms with E-state index in [1.54, 1.807) is 14.2 Å². The Morgan fingerprint density at radius 2 is 1.89 bits per heavy atom. The van der Waals surface area contributed by atoms with Gasteiger partial charge in [0.2, 0.25) is 0 Å². The number of methoxy groups -OCH3 is 2. The van der Waals surface area contributed by atoms with Gasteiger partial charge in [0.25, 0.3) is 0 Å². The Bertz CT molecular complexity index is 374. The molecule has 0 aromatic carbocycles. The minimum atomic E-state index is 0.501. The van der Waals surface area contributed by atoms with Crippen LogP contribution in [0.5, 0.6) is 0 Å². The fraction of sp³-hybridized carbons (Fsp3) is 0.643. The van der Waals surface area contributed by atoms with Gasteiger partial charge in [-0.3, -0.25) is 0 Å². The Hall–Kier alpha value is -0.840. The second-order valence-corrected chi connectivity index (χ2v) is 4.64. The fourth-order valence-electron chi connectivity index (χ4n) is 1.84. The number of ether oxygens (including phenoxy) is 2. The summed E-state index contributed by atoms with van der Waals surface area (Å²) in [5, 5.41) is 0. The van der Waals surface area contributed by atoms with Crippen LogP contribution in [0.2, 0.25) is 0 Å². The summed E-state index contributed by atoms with van der Waals surface area (Å²) in [7, 11) is 3.43. The molecule has 0 fully saturated rings. The summed E-state index contributed by atoms with van der Waals surface area (Å²) in [5.74, 6) is 1.47. The lowest BCUT2D eigenvalue weighted by Crippen LogP contribution is -2.30. The van der Waals surface area contributed by atoms with Crippen LogP contribution in [-0.4, -0.2) is 45.5 Å². The lowest BCUT2D eigenvalue weighted by molar-refractivity contribution is 0.191. The molecule has 0 amide bonds. The third-order valence-electron chi connectivity index (χ3n) is 2.99. The van der Waals surface area contributed by atoms with E-state index in [0.29, 0.717) is 12.5 Å². The Balaban J connectivity index is 2.74. The van der Waals surface area contributed by atoms with Crippen molar-refractivity contribution in [3.63, 3.8) is 0 Å². The van der Waals surface area contributed by atoms with Crippen LogP contribution in [-0.2, 0) is 15.4 Å². The second-order valence-electron chi connectivity index (χ2n) is 4.37. The molecule has 0 saturated carbocycles. The molecule has 108 valence electrons. The van der Waals surface area contributed by atoms with E-state index in [9.17, 15) is 0 Å². The van der Waals surface area contributed by atoms with Crippen LogP contribution in [0.25, 0.3) is 0 Å². The summed E-state index contributed by atoms with van der Waals surface area (Å²) in [4.78, 5) is 6.84. The summed E-state index contributed by atoms with van der Waals surface area (Å²) in [5.41, 5.74) is 2.07. The molecule has 0 unspecified atom stereocenters. The van der Waals surface area contributed by atoms with Crippen LogP contribution < -0.4 is 4.90 Å². The third kappa shape index (κ3) is 5.35. The van der Waals surface area contributed by atoms with Crippen molar-refractivity contribution in [1.82, 2.24) is 4.98 Å². The van der Waals surface area contributed by atoms with Gasteiger partial charge < -0.3 is 14.4 Å². The van der Waals surface area contributed by atoms with Crippen molar-refractivity contribution in [1.29, 1.82) is 0 Å². The zero-order valence-electron chi connectivity index (χ0n) is 12.0. The number of nitrogens with zero attached hydrogens (tertiary/aromatic N) is 2.